The van der Waals surface area contributed by atoms with Crippen molar-refractivity contribution >= 4 is 29.1 Å². The number of halogens is 2. The molecule has 3 heterocycles. The van der Waals surface area contributed by atoms with E-state index >= 15 is 0 Å². The number of rotatable bonds is 6. The zero-order chi connectivity index (χ0) is 23.0. The van der Waals surface area contributed by atoms with Crippen molar-refractivity contribution in [3.8, 4) is 0 Å². The standard InChI is InChI=1S/C21H21F2N7O2/c1-11-17-19(29(3)18(12(2)31)20(32)27-17)28-21(26-11)24-7-14-8-25-30(10-14)9-13-4-5-15(22)16(23)6-13/h4-6,8,10,18H,7,9H2,1-3H3,(H,27,32)(H,24,26,28)/t18-/m0/s1. The maximum absolute atomic E-state index is 13.4. The minimum atomic E-state index is -0.945. The Morgan fingerprint density at radius 2 is 2.00 bits per heavy atom. The summed E-state index contributed by atoms with van der Waals surface area (Å²) < 4.78 is 28.1. The van der Waals surface area contributed by atoms with Gasteiger partial charge in [-0.1, -0.05) is 6.07 Å². The van der Waals surface area contributed by atoms with Gasteiger partial charge in [0.15, 0.2) is 29.3 Å². The third-order valence-electron chi connectivity index (χ3n) is 5.14. The number of Topliss-reactive ketones (excluding diaryl/α,β-unsaturated/α-hetero) is 1. The normalized spacial score (nSPS) is 15.3. The van der Waals surface area contributed by atoms with Gasteiger partial charge in [0.2, 0.25) is 5.95 Å². The summed E-state index contributed by atoms with van der Waals surface area (Å²) in [5, 5.41) is 10.1. The first-order valence-electron chi connectivity index (χ1n) is 9.85. The Balaban J connectivity index is 1.47. The van der Waals surface area contributed by atoms with Crippen LogP contribution in [-0.4, -0.2) is 44.5 Å². The molecule has 1 atom stereocenters. The monoisotopic (exact) mass is 441 g/mol. The molecule has 2 aromatic heterocycles. The highest BCUT2D eigenvalue weighted by Crippen LogP contribution is 2.32. The number of fused-ring (bicyclic) bond motifs is 1. The van der Waals surface area contributed by atoms with Gasteiger partial charge in [0.1, 0.15) is 5.69 Å². The van der Waals surface area contributed by atoms with Gasteiger partial charge in [0, 0.05) is 25.4 Å². The lowest BCUT2D eigenvalue weighted by Gasteiger charge is -2.33. The van der Waals surface area contributed by atoms with Crippen LogP contribution in [0.5, 0.6) is 0 Å². The van der Waals surface area contributed by atoms with E-state index in [-0.39, 0.29) is 5.78 Å². The quantitative estimate of drug-likeness (QED) is 0.566. The van der Waals surface area contributed by atoms with Gasteiger partial charge in [0.25, 0.3) is 5.91 Å². The molecule has 32 heavy (non-hydrogen) atoms. The van der Waals surface area contributed by atoms with Crippen molar-refractivity contribution in [1.29, 1.82) is 0 Å². The van der Waals surface area contributed by atoms with E-state index in [2.05, 4.69) is 25.7 Å². The van der Waals surface area contributed by atoms with Gasteiger partial charge in [-0.3, -0.25) is 14.3 Å². The first kappa shape index (κ1) is 21.3. The van der Waals surface area contributed by atoms with Gasteiger partial charge in [-0.05, 0) is 31.5 Å². The molecule has 1 aliphatic rings. The zero-order valence-corrected chi connectivity index (χ0v) is 17.7. The highest BCUT2D eigenvalue weighted by Gasteiger charge is 2.36. The second kappa shape index (κ2) is 8.33. The Bertz CT molecular complexity index is 1210. The topological polar surface area (TPSA) is 105 Å². The summed E-state index contributed by atoms with van der Waals surface area (Å²) in [6.07, 6.45) is 3.42. The third-order valence-corrected chi connectivity index (χ3v) is 5.14. The zero-order valence-electron chi connectivity index (χ0n) is 17.7. The molecule has 4 rings (SSSR count). The molecule has 2 N–H and O–H groups in total. The predicted octanol–water partition coefficient (Wildman–Crippen LogP) is 2.27. The summed E-state index contributed by atoms with van der Waals surface area (Å²) in [5.74, 6) is -1.69. The average Bonchev–Trinajstić information content (AvgIpc) is 3.17. The van der Waals surface area contributed by atoms with Crippen LogP contribution in [0, 0.1) is 18.6 Å². The molecule has 1 amide bonds. The number of likely N-dealkylation sites (N-methyl/N-ethyl adjacent to an activating group) is 1. The Morgan fingerprint density at radius 1 is 1.22 bits per heavy atom. The third kappa shape index (κ3) is 4.13. The van der Waals surface area contributed by atoms with Crippen LogP contribution in [0.25, 0.3) is 0 Å². The first-order valence-corrected chi connectivity index (χ1v) is 9.85. The summed E-state index contributed by atoms with van der Waals surface area (Å²) in [4.78, 5) is 34.5. The van der Waals surface area contributed by atoms with Crippen LogP contribution in [-0.2, 0) is 22.7 Å². The lowest BCUT2D eigenvalue weighted by atomic mass is 10.1. The maximum Gasteiger partial charge on any atom is 0.255 e. The van der Waals surface area contributed by atoms with Gasteiger partial charge >= 0.3 is 0 Å². The highest BCUT2D eigenvalue weighted by atomic mass is 19.2. The number of carbonyl (C=O) groups excluding carboxylic acids is 2. The number of nitrogens with one attached hydrogen (secondary N) is 2. The van der Waals surface area contributed by atoms with Crippen LogP contribution in [0.4, 0.5) is 26.2 Å². The highest BCUT2D eigenvalue weighted by molar-refractivity contribution is 6.16. The second-order valence-electron chi connectivity index (χ2n) is 7.59. The second-order valence-corrected chi connectivity index (χ2v) is 7.59. The van der Waals surface area contributed by atoms with Gasteiger partial charge < -0.3 is 15.5 Å². The minimum absolute atomic E-state index is 0.283. The molecule has 0 aliphatic carbocycles. The summed E-state index contributed by atoms with van der Waals surface area (Å²) in [6.45, 7) is 3.76. The van der Waals surface area contributed by atoms with Crippen molar-refractivity contribution in [3.05, 3.63) is 59.0 Å². The summed E-state index contributed by atoms with van der Waals surface area (Å²) in [5.41, 5.74) is 2.45. The molecule has 0 saturated carbocycles. The Hall–Kier alpha value is -3.89. The number of hydrogen-bond donors (Lipinski definition) is 2. The van der Waals surface area contributed by atoms with Crippen molar-refractivity contribution in [3.63, 3.8) is 0 Å². The molecule has 0 bridgehead atoms. The Kier molecular flexibility index (Phi) is 5.56. The summed E-state index contributed by atoms with van der Waals surface area (Å²) in [7, 11) is 1.64. The van der Waals surface area contributed by atoms with Crippen LogP contribution in [0.3, 0.4) is 0 Å². The van der Waals surface area contributed by atoms with Crippen molar-refractivity contribution in [2.75, 3.05) is 22.6 Å². The summed E-state index contributed by atoms with van der Waals surface area (Å²) in [6, 6.07) is 2.79. The van der Waals surface area contributed by atoms with E-state index in [1.807, 2.05) is 0 Å². The molecule has 1 aromatic carbocycles. The average molecular weight is 441 g/mol. The van der Waals surface area contributed by atoms with Crippen LogP contribution in [0.2, 0.25) is 0 Å². The molecule has 166 valence electrons. The molecule has 0 spiro atoms. The van der Waals surface area contributed by atoms with Crippen LogP contribution >= 0.6 is 0 Å². The molecular formula is C21H21F2N7O2. The largest absolute Gasteiger partial charge is 0.350 e. The minimum Gasteiger partial charge on any atom is -0.350 e. The predicted molar refractivity (Wildman–Crippen MR) is 113 cm³/mol. The smallest absolute Gasteiger partial charge is 0.255 e. The van der Waals surface area contributed by atoms with Crippen molar-refractivity contribution in [1.82, 2.24) is 19.7 Å². The van der Waals surface area contributed by atoms with Crippen molar-refractivity contribution < 1.29 is 18.4 Å². The molecule has 1 aliphatic heterocycles. The summed E-state index contributed by atoms with van der Waals surface area (Å²) >= 11 is 0. The van der Waals surface area contributed by atoms with Gasteiger partial charge in [-0.25, -0.2) is 13.8 Å². The van der Waals surface area contributed by atoms with E-state index in [9.17, 15) is 18.4 Å². The maximum atomic E-state index is 13.4. The van der Waals surface area contributed by atoms with E-state index in [1.165, 1.54) is 17.9 Å². The Morgan fingerprint density at radius 3 is 2.72 bits per heavy atom. The number of aromatic nitrogens is 4. The van der Waals surface area contributed by atoms with Crippen molar-refractivity contribution in [2.45, 2.75) is 33.0 Å². The van der Waals surface area contributed by atoms with Crippen LogP contribution < -0.4 is 15.5 Å². The molecule has 3 aromatic rings. The number of carbonyl (C=O) groups is 2. The van der Waals surface area contributed by atoms with Crippen molar-refractivity contribution in [2.24, 2.45) is 0 Å². The fourth-order valence-corrected chi connectivity index (χ4v) is 3.58. The lowest BCUT2D eigenvalue weighted by Crippen LogP contribution is -2.50. The number of nitrogens with zero attached hydrogens (tertiary/aromatic N) is 5. The molecule has 9 nitrogen and oxygen atoms in total. The first-order chi connectivity index (χ1) is 15.2. The van der Waals surface area contributed by atoms with Gasteiger partial charge in [-0.15, -0.1) is 0 Å². The molecule has 0 radical (unpaired) electrons. The lowest BCUT2D eigenvalue weighted by molar-refractivity contribution is -0.126. The fraction of sp³-hybridized carbons (Fsp3) is 0.286. The fourth-order valence-electron chi connectivity index (χ4n) is 3.58. The van der Waals surface area contributed by atoms with E-state index in [1.54, 1.807) is 31.0 Å². The van der Waals surface area contributed by atoms with Gasteiger partial charge in [0.05, 0.1) is 18.4 Å². The SMILES string of the molecule is CC(=O)[C@H]1C(=O)Nc2c(C)nc(NCc3cnn(Cc4ccc(F)c(F)c4)c3)nc2N1C. The van der Waals surface area contributed by atoms with E-state index in [4.69, 9.17) is 0 Å². The number of amides is 1. The molecule has 0 unspecified atom stereocenters. The molecule has 11 heteroatoms. The number of ketones is 1. The van der Waals surface area contributed by atoms with Gasteiger partial charge in [-0.2, -0.15) is 10.1 Å². The number of hydrogen-bond acceptors (Lipinski definition) is 7. The van der Waals surface area contributed by atoms with E-state index < -0.39 is 23.6 Å². The number of benzene rings is 1. The number of anilines is 3. The number of aryl methyl sites for hydroxylation is 1. The molecule has 0 saturated heterocycles. The van der Waals surface area contributed by atoms with Crippen LogP contribution in [0.1, 0.15) is 23.7 Å². The Labute approximate surface area is 182 Å². The van der Waals surface area contributed by atoms with E-state index in [0.29, 0.717) is 41.8 Å². The van der Waals surface area contributed by atoms with E-state index in [0.717, 1.165) is 17.7 Å². The molecule has 0 fully saturated rings. The van der Waals surface area contributed by atoms with Crippen LogP contribution in [0.15, 0.2) is 30.6 Å². The molecular weight excluding hydrogens is 420 g/mol.